The molecule has 2 amide bonds. The van der Waals surface area contributed by atoms with Gasteiger partial charge >= 0.3 is 0 Å². The van der Waals surface area contributed by atoms with Crippen molar-refractivity contribution in [2.75, 3.05) is 13.1 Å². The number of hydrogen-bond donors (Lipinski definition) is 3. The molecule has 0 aliphatic heterocycles. The van der Waals surface area contributed by atoms with Gasteiger partial charge in [0, 0.05) is 31.0 Å². The van der Waals surface area contributed by atoms with Crippen LogP contribution in [0.2, 0.25) is 0 Å². The number of amides is 2. The Labute approximate surface area is 142 Å². The average Bonchev–Trinajstić information content (AvgIpc) is 2.51. The summed E-state index contributed by atoms with van der Waals surface area (Å²) in [6.45, 7) is 2.65. The van der Waals surface area contributed by atoms with Crippen LogP contribution in [0, 0.1) is 5.92 Å². The molecule has 128 valence electrons. The molecule has 1 aromatic heterocycles. The Bertz CT molecular complexity index is 524. The summed E-state index contributed by atoms with van der Waals surface area (Å²) in [4.78, 5) is 31.7. The van der Waals surface area contributed by atoms with Crippen molar-refractivity contribution in [2.24, 2.45) is 11.7 Å². The fraction of sp³-hybridized carbons (Fsp3) is 0.600. The molecule has 0 radical (unpaired) electrons. The summed E-state index contributed by atoms with van der Waals surface area (Å²) < 4.78 is 0. The monoisotopic (exact) mass is 341 g/mol. The van der Waals surface area contributed by atoms with E-state index >= 15 is 0 Å². The molecule has 23 heavy (non-hydrogen) atoms. The fourth-order valence-electron chi connectivity index (χ4n) is 2.78. The quantitative estimate of drug-likeness (QED) is 0.681. The van der Waals surface area contributed by atoms with Gasteiger partial charge in [0.1, 0.15) is 5.69 Å². The predicted molar refractivity (Wildman–Crippen MR) is 89.2 cm³/mol. The van der Waals surface area contributed by atoms with E-state index in [1.165, 1.54) is 18.6 Å². The van der Waals surface area contributed by atoms with Crippen molar-refractivity contribution in [1.29, 1.82) is 0 Å². The summed E-state index contributed by atoms with van der Waals surface area (Å²) in [5.41, 5.74) is 6.03. The number of nitrogens with one attached hydrogen (secondary N) is 2. The Morgan fingerprint density at radius 3 is 2.70 bits per heavy atom. The fourth-order valence-corrected chi connectivity index (χ4v) is 2.78. The molecule has 7 nitrogen and oxygen atoms in total. The van der Waals surface area contributed by atoms with Gasteiger partial charge in [0.15, 0.2) is 0 Å². The molecular formula is C15H24ClN5O2. The topological polar surface area (TPSA) is 110 Å². The zero-order chi connectivity index (χ0) is 16.0. The maximum absolute atomic E-state index is 12.2. The predicted octanol–water partition coefficient (Wildman–Crippen LogP) is 0.652. The summed E-state index contributed by atoms with van der Waals surface area (Å²) in [7, 11) is 0. The van der Waals surface area contributed by atoms with E-state index < -0.39 is 5.54 Å². The highest BCUT2D eigenvalue weighted by atomic mass is 35.5. The van der Waals surface area contributed by atoms with Crippen LogP contribution in [0.1, 0.15) is 43.1 Å². The van der Waals surface area contributed by atoms with Crippen molar-refractivity contribution < 1.29 is 9.59 Å². The van der Waals surface area contributed by atoms with Gasteiger partial charge in [0.05, 0.1) is 12.1 Å². The van der Waals surface area contributed by atoms with Crippen molar-refractivity contribution in [3.63, 3.8) is 0 Å². The molecule has 1 aromatic rings. The summed E-state index contributed by atoms with van der Waals surface area (Å²) in [5.74, 6) is -0.487. The molecule has 1 heterocycles. The number of carbonyl (C=O) groups excluding carboxylic acids is 2. The molecule has 1 aliphatic carbocycles. The van der Waals surface area contributed by atoms with Crippen LogP contribution in [-0.2, 0) is 4.79 Å². The highest BCUT2D eigenvalue weighted by Crippen LogP contribution is 2.31. The third-order valence-electron chi connectivity index (χ3n) is 4.08. The number of nitrogens with zero attached hydrogens (tertiary/aromatic N) is 2. The lowest BCUT2D eigenvalue weighted by Crippen LogP contribution is -2.53. The van der Waals surface area contributed by atoms with E-state index in [1.54, 1.807) is 0 Å². The summed E-state index contributed by atoms with van der Waals surface area (Å²) in [6, 6.07) is 0. The van der Waals surface area contributed by atoms with Gasteiger partial charge in [-0.1, -0.05) is 12.8 Å². The molecule has 2 unspecified atom stereocenters. The molecule has 1 fully saturated rings. The molecule has 2 rings (SSSR count). The van der Waals surface area contributed by atoms with Crippen molar-refractivity contribution in [2.45, 2.75) is 38.1 Å². The minimum Gasteiger partial charge on any atom is -0.354 e. The molecule has 1 saturated carbocycles. The van der Waals surface area contributed by atoms with Gasteiger partial charge < -0.3 is 16.4 Å². The van der Waals surface area contributed by atoms with E-state index in [-0.39, 0.29) is 35.8 Å². The minimum absolute atomic E-state index is 0. The number of aromatic nitrogens is 2. The average molecular weight is 342 g/mol. The summed E-state index contributed by atoms with van der Waals surface area (Å²) in [5, 5.41) is 5.54. The Hall–Kier alpha value is -1.73. The number of halogens is 1. The van der Waals surface area contributed by atoms with Gasteiger partial charge in [0.2, 0.25) is 5.91 Å². The standard InChI is InChI=1S/C15H23N5O2.ClH/c1-15(16)5-3-2-4-11(15)13(21)19-8-9-20-14(22)12-10-17-6-7-18-12;/h6-7,10-11H,2-5,8-9,16H2,1H3,(H,19,21)(H,20,22);1H. The van der Waals surface area contributed by atoms with Crippen molar-refractivity contribution in [3.05, 3.63) is 24.3 Å². The van der Waals surface area contributed by atoms with Crippen LogP contribution in [0.4, 0.5) is 0 Å². The number of carbonyl (C=O) groups is 2. The van der Waals surface area contributed by atoms with Crippen LogP contribution in [-0.4, -0.2) is 40.4 Å². The normalized spacial score (nSPS) is 23.5. The van der Waals surface area contributed by atoms with E-state index in [2.05, 4.69) is 20.6 Å². The highest BCUT2D eigenvalue weighted by molar-refractivity contribution is 5.91. The van der Waals surface area contributed by atoms with Crippen LogP contribution >= 0.6 is 12.4 Å². The van der Waals surface area contributed by atoms with E-state index in [1.807, 2.05) is 6.92 Å². The van der Waals surface area contributed by atoms with Gasteiger partial charge in [0.25, 0.3) is 5.91 Å². The lowest BCUT2D eigenvalue weighted by Gasteiger charge is -2.37. The smallest absolute Gasteiger partial charge is 0.271 e. The second-order valence-electron chi connectivity index (χ2n) is 5.94. The molecular weight excluding hydrogens is 318 g/mol. The number of nitrogens with two attached hydrogens (primary N) is 1. The van der Waals surface area contributed by atoms with Crippen LogP contribution in [0.15, 0.2) is 18.6 Å². The minimum atomic E-state index is -0.439. The zero-order valence-corrected chi connectivity index (χ0v) is 14.1. The van der Waals surface area contributed by atoms with Crippen molar-refractivity contribution in [1.82, 2.24) is 20.6 Å². The molecule has 4 N–H and O–H groups in total. The SMILES string of the molecule is CC1(N)CCCCC1C(=O)NCCNC(=O)c1cnccn1.Cl. The molecule has 0 aromatic carbocycles. The first-order valence-electron chi connectivity index (χ1n) is 7.61. The number of rotatable bonds is 5. The van der Waals surface area contributed by atoms with Crippen molar-refractivity contribution >= 4 is 24.2 Å². The Morgan fingerprint density at radius 1 is 1.30 bits per heavy atom. The van der Waals surface area contributed by atoms with Gasteiger partial charge in [-0.3, -0.25) is 14.6 Å². The molecule has 0 saturated heterocycles. The molecule has 1 aliphatic rings. The van der Waals surface area contributed by atoms with E-state index in [4.69, 9.17) is 5.73 Å². The third kappa shape index (κ3) is 5.44. The van der Waals surface area contributed by atoms with Gasteiger partial charge in [-0.25, -0.2) is 4.98 Å². The lowest BCUT2D eigenvalue weighted by atomic mass is 9.74. The molecule has 8 heteroatoms. The Kier molecular flexibility index (Phi) is 7.38. The van der Waals surface area contributed by atoms with Crippen molar-refractivity contribution in [3.8, 4) is 0 Å². The first kappa shape index (κ1) is 19.3. The first-order chi connectivity index (χ1) is 10.5. The summed E-state index contributed by atoms with van der Waals surface area (Å²) >= 11 is 0. The Balaban J connectivity index is 0.00000264. The molecule has 0 spiro atoms. The Morgan fingerprint density at radius 2 is 2.04 bits per heavy atom. The highest BCUT2D eigenvalue weighted by Gasteiger charge is 2.37. The van der Waals surface area contributed by atoms with Crippen LogP contribution < -0.4 is 16.4 Å². The number of hydrogen-bond acceptors (Lipinski definition) is 5. The van der Waals surface area contributed by atoms with Crippen LogP contribution in [0.3, 0.4) is 0 Å². The van der Waals surface area contributed by atoms with Gasteiger partial charge in [-0.05, 0) is 19.8 Å². The van der Waals surface area contributed by atoms with Crippen LogP contribution in [0.25, 0.3) is 0 Å². The largest absolute Gasteiger partial charge is 0.354 e. The van der Waals surface area contributed by atoms with Gasteiger partial charge in [-0.2, -0.15) is 0 Å². The van der Waals surface area contributed by atoms with Gasteiger partial charge in [-0.15, -0.1) is 12.4 Å². The third-order valence-corrected chi connectivity index (χ3v) is 4.08. The maximum atomic E-state index is 12.2. The second-order valence-corrected chi connectivity index (χ2v) is 5.94. The maximum Gasteiger partial charge on any atom is 0.271 e. The summed E-state index contributed by atoms with van der Waals surface area (Å²) in [6.07, 6.45) is 8.17. The second kappa shape index (κ2) is 8.79. The van der Waals surface area contributed by atoms with Crippen LogP contribution in [0.5, 0.6) is 0 Å². The molecule has 0 bridgehead atoms. The van der Waals surface area contributed by atoms with E-state index in [0.717, 1.165) is 25.7 Å². The zero-order valence-electron chi connectivity index (χ0n) is 13.2. The molecule has 2 atom stereocenters. The lowest BCUT2D eigenvalue weighted by molar-refractivity contribution is -0.128. The van der Waals surface area contributed by atoms with E-state index in [9.17, 15) is 9.59 Å². The van der Waals surface area contributed by atoms with E-state index in [0.29, 0.717) is 13.1 Å². The first-order valence-corrected chi connectivity index (χ1v) is 7.61.